The lowest BCUT2D eigenvalue weighted by molar-refractivity contribution is 0.0922. The van der Waals surface area contributed by atoms with Crippen molar-refractivity contribution in [3.8, 4) is 0 Å². The molecule has 1 aliphatic carbocycles. The van der Waals surface area contributed by atoms with Crippen molar-refractivity contribution in [2.24, 2.45) is 13.0 Å². The van der Waals surface area contributed by atoms with Gasteiger partial charge in [0.05, 0.1) is 29.5 Å². The van der Waals surface area contributed by atoms with E-state index in [4.69, 9.17) is 11.6 Å². The molecule has 1 N–H and O–H groups in total. The highest BCUT2D eigenvalue weighted by atomic mass is 35.5. The second kappa shape index (κ2) is 6.84. The van der Waals surface area contributed by atoms with E-state index >= 15 is 0 Å². The lowest BCUT2D eigenvalue weighted by Gasteiger charge is -2.18. The molecule has 4 rings (SSSR count). The van der Waals surface area contributed by atoms with Gasteiger partial charge in [-0.3, -0.25) is 9.78 Å². The number of carbonyl (C=O) groups excluding carboxylic acids is 1. The molecule has 3 aromatic rings. The van der Waals surface area contributed by atoms with Gasteiger partial charge in [-0.2, -0.15) is 0 Å². The number of fused-ring (bicyclic) bond motifs is 1. The molecule has 0 spiro atoms. The summed E-state index contributed by atoms with van der Waals surface area (Å²) in [5.41, 5.74) is 1.20. The van der Waals surface area contributed by atoms with Gasteiger partial charge < -0.3 is 9.88 Å². The van der Waals surface area contributed by atoms with Crippen LogP contribution in [0.15, 0.2) is 30.6 Å². The van der Waals surface area contributed by atoms with Gasteiger partial charge in [-0.1, -0.05) is 11.6 Å². The van der Waals surface area contributed by atoms with Crippen molar-refractivity contribution >= 4 is 28.5 Å². The highest BCUT2D eigenvalue weighted by molar-refractivity contribution is 6.31. The van der Waals surface area contributed by atoms with E-state index < -0.39 is 18.0 Å². The van der Waals surface area contributed by atoms with Crippen molar-refractivity contribution in [1.82, 2.24) is 24.8 Å². The van der Waals surface area contributed by atoms with Crippen molar-refractivity contribution in [2.75, 3.05) is 0 Å². The summed E-state index contributed by atoms with van der Waals surface area (Å²) in [7, 11) is 1.89. The number of nitrogens with zero attached hydrogens (tertiary/aromatic N) is 4. The maximum Gasteiger partial charge on any atom is 0.281 e. The third-order valence-corrected chi connectivity index (χ3v) is 4.90. The summed E-state index contributed by atoms with van der Waals surface area (Å²) in [6, 6.07) is 5.15. The summed E-state index contributed by atoms with van der Waals surface area (Å²) in [6.45, 7) is 0. The van der Waals surface area contributed by atoms with Gasteiger partial charge in [0.15, 0.2) is 0 Å². The van der Waals surface area contributed by atoms with Gasteiger partial charge in [0, 0.05) is 12.1 Å². The van der Waals surface area contributed by atoms with Crippen molar-refractivity contribution in [1.29, 1.82) is 0 Å². The Morgan fingerprint density at radius 2 is 2.07 bits per heavy atom. The molecule has 9 heteroatoms. The number of hydrogen-bond donors (Lipinski definition) is 1. The maximum atomic E-state index is 12.6. The number of benzene rings is 1. The molecule has 0 bridgehead atoms. The van der Waals surface area contributed by atoms with Crippen LogP contribution in [0, 0.1) is 5.92 Å². The minimum absolute atomic E-state index is 0.00754. The topological polar surface area (TPSA) is 72.7 Å². The number of amides is 1. The zero-order valence-electron chi connectivity index (χ0n) is 14.4. The molecule has 1 aromatic carbocycles. The number of halogens is 3. The Morgan fingerprint density at radius 1 is 1.30 bits per heavy atom. The highest BCUT2D eigenvalue weighted by Gasteiger charge is 2.36. The fourth-order valence-electron chi connectivity index (χ4n) is 3.08. The fraction of sp³-hybridized carbons (Fsp3) is 0.333. The van der Waals surface area contributed by atoms with Crippen LogP contribution >= 0.6 is 11.6 Å². The Hall–Kier alpha value is -2.61. The van der Waals surface area contributed by atoms with Gasteiger partial charge in [-0.25, -0.2) is 18.7 Å². The number of rotatable bonds is 5. The first-order valence-electron chi connectivity index (χ1n) is 8.47. The number of hydrogen-bond acceptors (Lipinski definition) is 4. The van der Waals surface area contributed by atoms with Crippen molar-refractivity contribution in [2.45, 2.75) is 25.3 Å². The van der Waals surface area contributed by atoms with Gasteiger partial charge in [0.1, 0.15) is 17.2 Å². The van der Waals surface area contributed by atoms with Crippen LogP contribution in [0.5, 0.6) is 0 Å². The molecule has 1 fully saturated rings. The first-order valence-corrected chi connectivity index (χ1v) is 8.84. The van der Waals surface area contributed by atoms with Crippen LogP contribution in [0.3, 0.4) is 0 Å². The summed E-state index contributed by atoms with van der Waals surface area (Å²) in [5.74, 6) is 0.527. The van der Waals surface area contributed by atoms with E-state index in [1.807, 2.05) is 17.7 Å². The fourth-order valence-corrected chi connectivity index (χ4v) is 3.24. The quantitative estimate of drug-likeness (QED) is 0.717. The molecule has 0 saturated heterocycles. The van der Waals surface area contributed by atoms with Gasteiger partial charge in [0.25, 0.3) is 12.3 Å². The zero-order chi connectivity index (χ0) is 19.1. The van der Waals surface area contributed by atoms with Crippen LogP contribution in [0.1, 0.15) is 47.3 Å². The molecule has 1 atom stereocenters. The predicted octanol–water partition coefficient (Wildman–Crippen LogP) is 3.84. The lowest BCUT2D eigenvalue weighted by Crippen LogP contribution is -2.32. The highest BCUT2D eigenvalue weighted by Crippen LogP contribution is 2.41. The summed E-state index contributed by atoms with van der Waals surface area (Å²) in [4.78, 5) is 24.6. The van der Waals surface area contributed by atoms with Crippen LogP contribution in [0.2, 0.25) is 5.02 Å². The van der Waals surface area contributed by atoms with E-state index in [1.54, 1.807) is 12.1 Å². The van der Waals surface area contributed by atoms with Gasteiger partial charge in [0.2, 0.25) is 0 Å². The molecule has 0 unspecified atom stereocenters. The van der Waals surface area contributed by atoms with Gasteiger partial charge >= 0.3 is 0 Å². The van der Waals surface area contributed by atoms with Crippen molar-refractivity contribution in [3.05, 3.63) is 52.8 Å². The van der Waals surface area contributed by atoms with Crippen LogP contribution in [-0.4, -0.2) is 25.4 Å². The molecular formula is C18H16ClF2N5O. The molecule has 27 heavy (non-hydrogen) atoms. The molecule has 2 heterocycles. The van der Waals surface area contributed by atoms with Crippen molar-refractivity contribution in [3.63, 3.8) is 0 Å². The third kappa shape index (κ3) is 3.49. The molecule has 1 aliphatic rings. The summed E-state index contributed by atoms with van der Waals surface area (Å²) >= 11 is 6.05. The Bertz CT molecular complexity index is 1000. The first kappa shape index (κ1) is 17.8. The zero-order valence-corrected chi connectivity index (χ0v) is 15.1. The van der Waals surface area contributed by atoms with E-state index in [0.717, 1.165) is 42.1 Å². The minimum Gasteiger partial charge on any atom is -0.340 e. The predicted molar refractivity (Wildman–Crippen MR) is 95.6 cm³/mol. The summed E-state index contributed by atoms with van der Waals surface area (Å²) in [6.07, 6.45) is 1.22. The van der Waals surface area contributed by atoms with Gasteiger partial charge in [-0.05, 0) is 37.0 Å². The van der Waals surface area contributed by atoms with E-state index in [0.29, 0.717) is 5.02 Å². The molecule has 0 radical (unpaired) electrons. The molecule has 1 saturated carbocycles. The number of imidazole rings is 1. The Balaban J connectivity index is 1.62. The van der Waals surface area contributed by atoms with E-state index in [9.17, 15) is 13.6 Å². The molecule has 0 aliphatic heterocycles. The monoisotopic (exact) mass is 391 g/mol. The SMILES string of the molecule is Cn1c([C@@H](NC(=O)c2cnc(C(F)F)cn2)C2CC2)nc2cc(Cl)ccc21. The Labute approximate surface area is 158 Å². The van der Waals surface area contributed by atoms with Crippen molar-refractivity contribution < 1.29 is 13.6 Å². The lowest BCUT2D eigenvalue weighted by atomic mass is 10.1. The maximum absolute atomic E-state index is 12.6. The molecular weight excluding hydrogens is 376 g/mol. The minimum atomic E-state index is -2.72. The molecule has 140 valence electrons. The van der Waals surface area contributed by atoms with Gasteiger partial charge in [-0.15, -0.1) is 0 Å². The largest absolute Gasteiger partial charge is 0.340 e. The number of aromatic nitrogens is 4. The smallest absolute Gasteiger partial charge is 0.281 e. The molecule has 6 nitrogen and oxygen atoms in total. The number of carbonyl (C=O) groups is 1. The number of aryl methyl sites for hydroxylation is 1. The second-order valence-electron chi connectivity index (χ2n) is 6.58. The van der Waals surface area contributed by atoms with Crippen LogP contribution in [-0.2, 0) is 7.05 Å². The van der Waals surface area contributed by atoms with Crippen LogP contribution < -0.4 is 5.32 Å². The average molecular weight is 392 g/mol. The summed E-state index contributed by atoms with van der Waals surface area (Å²) in [5, 5.41) is 3.52. The molecule has 2 aromatic heterocycles. The second-order valence-corrected chi connectivity index (χ2v) is 7.01. The first-order chi connectivity index (χ1) is 12.9. The van der Waals surface area contributed by atoms with Crippen LogP contribution in [0.4, 0.5) is 8.78 Å². The van der Waals surface area contributed by atoms with Crippen LogP contribution in [0.25, 0.3) is 11.0 Å². The Kier molecular flexibility index (Phi) is 4.51. The standard InChI is InChI=1S/C18H16ClF2N5O/c1-26-14-5-4-10(19)6-11(14)24-17(26)15(9-2-3-9)25-18(27)13-8-22-12(7-23-13)16(20)21/h4-9,15-16H,2-3H2,1H3,(H,25,27)/t15-/m0/s1. The normalized spacial score (nSPS) is 15.3. The van der Waals surface area contributed by atoms with E-state index in [1.165, 1.54) is 0 Å². The number of alkyl halides is 2. The van der Waals surface area contributed by atoms with E-state index in [2.05, 4.69) is 20.3 Å². The summed E-state index contributed by atoms with van der Waals surface area (Å²) < 4.78 is 27.1. The Morgan fingerprint density at radius 3 is 2.70 bits per heavy atom. The number of nitrogens with one attached hydrogen (secondary N) is 1. The third-order valence-electron chi connectivity index (χ3n) is 4.66. The van der Waals surface area contributed by atoms with E-state index in [-0.39, 0.29) is 17.7 Å². The average Bonchev–Trinajstić information content (AvgIpc) is 3.44. The molecule has 1 amide bonds.